The van der Waals surface area contributed by atoms with Crippen LogP contribution in [0.1, 0.15) is 56.6 Å². The quantitative estimate of drug-likeness (QED) is 0.711. The summed E-state index contributed by atoms with van der Waals surface area (Å²) in [6.07, 6.45) is 7.75. The van der Waals surface area contributed by atoms with Crippen LogP contribution < -0.4 is 0 Å². The molecule has 118 valence electrons. The molecule has 2 N–H and O–H groups in total. The van der Waals surface area contributed by atoms with Gasteiger partial charge in [0.1, 0.15) is 0 Å². The van der Waals surface area contributed by atoms with E-state index in [9.17, 15) is 4.79 Å². The Bertz CT molecular complexity index is 602. The number of carboxylic acid groups (broad SMARTS) is 1. The lowest BCUT2D eigenvalue weighted by molar-refractivity contribution is -0.138. The average Bonchev–Trinajstić information content (AvgIpc) is 3.00. The third-order valence-corrected chi connectivity index (χ3v) is 4.07. The highest BCUT2D eigenvalue weighted by Crippen LogP contribution is 2.27. The predicted molar refractivity (Wildman–Crippen MR) is 87.9 cm³/mol. The number of rotatable bonds is 8. The van der Waals surface area contributed by atoms with Crippen LogP contribution in [0.25, 0.3) is 11.3 Å². The van der Waals surface area contributed by atoms with Crippen LogP contribution in [-0.4, -0.2) is 21.3 Å². The van der Waals surface area contributed by atoms with Crippen molar-refractivity contribution < 1.29 is 9.90 Å². The number of aryl methyl sites for hydroxylation is 1. The summed E-state index contributed by atoms with van der Waals surface area (Å²) < 4.78 is 0. The minimum Gasteiger partial charge on any atom is -0.481 e. The molecule has 1 aromatic carbocycles. The van der Waals surface area contributed by atoms with Crippen molar-refractivity contribution in [3.8, 4) is 11.3 Å². The zero-order valence-corrected chi connectivity index (χ0v) is 13.3. The van der Waals surface area contributed by atoms with E-state index < -0.39 is 11.9 Å². The van der Waals surface area contributed by atoms with Gasteiger partial charge in [-0.2, -0.15) is 5.10 Å². The highest BCUT2D eigenvalue weighted by molar-refractivity contribution is 5.79. The Labute approximate surface area is 131 Å². The summed E-state index contributed by atoms with van der Waals surface area (Å²) in [5.74, 6) is -1.40. The molecule has 4 nitrogen and oxygen atoms in total. The molecule has 0 amide bonds. The van der Waals surface area contributed by atoms with Gasteiger partial charge in [0.05, 0.1) is 17.8 Å². The highest BCUT2D eigenvalue weighted by atomic mass is 16.4. The van der Waals surface area contributed by atoms with Crippen molar-refractivity contribution in [2.24, 2.45) is 0 Å². The number of hydrogen-bond acceptors (Lipinski definition) is 2. The zero-order chi connectivity index (χ0) is 15.9. The molecule has 2 rings (SSSR count). The van der Waals surface area contributed by atoms with Crippen molar-refractivity contribution in [2.45, 2.75) is 51.9 Å². The van der Waals surface area contributed by atoms with Gasteiger partial charge < -0.3 is 5.11 Å². The third-order valence-electron chi connectivity index (χ3n) is 4.07. The summed E-state index contributed by atoms with van der Waals surface area (Å²) in [7, 11) is 0. The lowest BCUT2D eigenvalue weighted by Gasteiger charge is -2.08. The van der Waals surface area contributed by atoms with Crippen molar-refractivity contribution >= 4 is 5.97 Å². The Morgan fingerprint density at radius 1 is 1.23 bits per heavy atom. The van der Waals surface area contributed by atoms with Gasteiger partial charge in [-0.3, -0.25) is 9.89 Å². The van der Waals surface area contributed by atoms with Gasteiger partial charge >= 0.3 is 5.97 Å². The third kappa shape index (κ3) is 3.97. The van der Waals surface area contributed by atoms with Crippen molar-refractivity contribution in [1.82, 2.24) is 10.2 Å². The van der Waals surface area contributed by atoms with E-state index in [0.29, 0.717) is 0 Å². The molecule has 1 atom stereocenters. The van der Waals surface area contributed by atoms with Crippen LogP contribution in [0.2, 0.25) is 0 Å². The first-order chi connectivity index (χ1) is 10.6. The molecule has 22 heavy (non-hydrogen) atoms. The van der Waals surface area contributed by atoms with Crippen LogP contribution >= 0.6 is 0 Å². The number of hydrogen-bond donors (Lipinski definition) is 2. The Balaban J connectivity index is 2.08. The fourth-order valence-electron chi connectivity index (χ4n) is 2.58. The van der Waals surface area contributed by atoms with Gasteiger partial charge in [0.2, 0.25) is 0 Å². The molecule has 0 saturated carbocycles. The lowest BCUT2D eigenvalue weighted by Crippen LogP contribution is -2.07. The second-order valence-electron chi connectivity index (χ2n) is 5.77. The molecule has 4 heteroatoms. The first kappa shape index (κ1) is 16.3. The maximum absolute atomic E-state index is 11.2. The number of aromatic nitrogens is 2. The van der Waals surface area contributed by atoms with Crippen molar-refractivity contribution in [3.63, 3.8) is 0 Å². The SMILES string of the molecule is CCCCCCc1ccc(-c2[nH]ncc2C(C)C(=O)O)cc1. The van der Waals surface area contributed by atoms with E-state index in [1.165, 1.54) is 31.2 Å². The second-order valence-corrected chi connectivity index (χ2v) is 5.77. The minimum atomic E-state index is -0.838. The average molecular weight is 300 g/mol. The molecule has 0 saturated heterocycles. The van der Waals surface area contributed by atoms with Gasteiger partial charge in [0.15, 0.2) is 0 Å². The van der Waals surface area contributed by atoms with E-state index in [-0.39, 0.29) is 0 Å². The Hall–Kier alpha value is -2.10. The fourth-order valence-corrected chi connectivity index (χ4v) is 2.58. The van der Waals surface area contributed by atoms with E-state index in [2.05, 4.69) is 29.3 Å². The molecule has 0 bridgehead atoms. The molecule has 0 aliphatic heterocycles. The number of H-pyrrole nitrogens is 1. The normalized spacial score (nSPS) is 12.3. The summed E-state index contributed by atoms with van der Waals surface area (Å²) in [6.45, 7) is 3.90. The molecule has 0 aliphatic carbocycles. The van der Waals surface area contributed by atoms with Crippen molar-refractivity contribution in [2.75, 3.05) is 0 Å². The molecular weight excluding hydrogens is 276 g/mol. The van der Waals surface area contributed by atoms with E-state index in [1.807, 2.05) is 12.1 Å². The Morgan fingerprint density at radius 3 is 2.59 bits per heavy atom. The van der Waals surface area contributed by atoms with Gasteiger partial charge in [-0.15, -0.1) is 0 Å². The van der Waals surface area contributed by atoms with Gasteiger partial charge in [-0.1, -0.05) is 50.5 Å². The second kappa shape index (κ2) is 7.78. The van der Waals surface area contributed by atoms with Gasteiger partial charge in [0.25, 0.3) is 0 Å². The van der Waals surface area contributed by atoms with E-state index >= 15 is 0 Å². The molecule has 0 fully saturated rings. The summed E-state index contributed by atoms with van der Waals surface area (Å²) in [5.41, 5.74) is 3.83. The van der Waals surface area contributed by atoms with Crippen LogP contribution in [0.4, 0.5) is 0 Å². The molecule has 0 radical (unpaired) electrons. The zero-order valence-electron chi connectivity index (χ0n) is 13.3. The maximum atomic E-state index is 11.2. The molecule has 1 aromatic heterocycles. The Morgan fingerprint density at radius 2 is 1.95 bits per heavy atom. The fraction of sp³-hybridized carbons (Fsp3) is 0.444. The van der Waals surface area contributed by atoms with Gasteiger partial charge in [-0.05, 0) is 30.9 Å². The first-order valence-electron chi connectivity index (χ1n) is 7.98. The summed E-state index contributed by atoms with van der Waals surface area (Å²) >= 11 is 0. The van der Waals surface area contributed by atoms with E-state index in [1.54, 1.807) is 13.1 Å². The summed E-state index contributed by atoms with van der Waals surface area (Å²) in [4.78, 5) is 11.2. The summed E-state index contributed by atoms with van der Waals surface area (Å²) in [5, 5.41) is 16.1. The van der Waals surface area contributed by atoms with Gasteiger partial charge in [0, 0.05) is 5.56 Å². The minimum absolute atomic E-state index is 0.567. The lowest BCUT2D eigenvalue weighted by atomic mass is 9.97. The van der Waals surface area contributed by atoms with Crippen molar-refractivity contribution in [1.29, 1.82) is 0 Å². The van der Waals surface area contributed by atoms with Crippen molar-refractivity contribution in [3.05, 3.63) is 41.6 Å². The van der Waals surface area contributed by atoms with E-state index in [4.69, 9.17) is 5.11 Å². The number of nitrogens with zero attached hydrogens (tertiary/aromatic N) is 1. The number of nitrogens with one attached hydrogen (secondary N) is 1. The molecule has 1 unspecified atom stereocenters. The first-order valence-corrected chi connectivity index (χ1v) is 7.98. The van der Waals surface area contributed by atoms with Crippen LogP contribution in [0.5, 0.6) is 0 Å². The number of aromatic amines is 1. The monoisotopic (exact) mass is 300 g/mol. The van der Waals surface area contributed by atoms with Gasteiger partial charge in [-0.25, -0.2) is 0 Å². The smallest absolute Gasteiger partial charge is 0.310 e. The largest absolute Gasteiger partial charge is 0.481 e. The van der Waals surface area contributed by atoms with Crippen LogP contribution in [0.3, 0.4) is 0 Å². The number of unbranched alkanes of at least 4 members (excludes halogenated alkanes) is 3. The molecule has 2 aromatic rings. The molecule has 0 spiro atoms. The maximum Gasteiger partial charge on any atom is 0.310 e. The number of benzene rings is 1. The standard InChI is InChI=1S/C18H24N2O2/c1-3-4-5-6-7-14-8-10-15(11-9-14)17-16(12-19-20-17)13(2)18(21)22/h8-13H,3-7H2,1-2H3,(H,19,20)(H,21,22). The highest BCUT2D eigenvalue weighted by Gasteiger charge is 2.19. The number of aliphatic carboxylic acids is 1. The summed E-state index contributed by atoms with van der Waals surface area (Å²) in [6, 6.07) is 8.33. The molecular formula is C18H24N2O2. The number of carboxylic acids is 1. The molecule has 0 aliphatic rings. The van der Waals surface area contributed by atoms with Crippen LogP contribution in [0.15, 0.2) is 30.5 Å². The van der Waals surface area contributed by atoms with E-state index in [0.717, 1.165) is 23.2 Å². The topological polar surface area (TPSA) is 66.0 Å². The Kier molecular flexibility index (Phi) is 5.75. The molecule has 1 heterocycles. The van der Waals surface area contributed by atoms with Crippen LogP contribution in [-0.2, 0) is 11.2 Å². The van der Waals surface area contributed by atoms with Crippen LogP contribution in [0, 0.1) is 0 Å². The number of carbonyl (C=O) groups is 1. The predicted octanol–water partition coefficient (Wildman–Crippen LogP) is 4.39.